The van der Waals surface area contributed by atoms with Crippen molar-refractivity contribution in [1.82, 2.24) is 0 Å². The van der Waals surface area contributed by atoms with Crippen molar-refractivity contribution >= 4 is 7.37 Å². The molecular weight excluding hydrogens is 230 g/mol. The summed E-state index contributed by atoms with van der Waals surface area (Å²) in [6, 6.07) is 7.03. The molecule has 0 aliphatic carbocycles. The van der Waals surface area contributed by atoms with Gasteiger partial charge in [0, 0.05) is 0 Å². The van der Waals surface area contributed by atoms with E-state index in [0.717, 1.165) is 0 Å². The van der Waals surface area contributed by atoms with E-state index in [0.29, 0.717) is 0 Å². The zero-order valence-corrected chi connectivity index (χ0v) is 8.37. The fraction of sp³-hybridized carbons (Fsp3) is 0.250. The molecule has 0 fully saturated rings. The first-order valence-electron chi connectivity index (χ1n) is 3.96. The van der Waals surface area contributed by atoms with Crippen LogP contribution in [-0.2, 0) is 4.57 Å². The lowest BCUT2D eigenvalue weighted by molar-refractivity contribution is -0.0565. The summed E-state index contributed by atoms with van der Waals surface area (Å²) in [7, 11) is -5.41. The van der Waals surface area contributed by atoms with Gasteiger partial charge in [0.1, 0.15) is 5.78 Å². The molecule has 1 aromatic rings. The van der Waals surface area contributed by atoms with Crippen LogP contribution in [0.25, 0.3) is 0 Å². The van der Waals surface area contributed by atoms with E-state index < -0.39 is 19.1 Å². The van der Waals surface area contributed by atoms with Gasteiger partial charge in [0.2, 0.25) is 0 Å². The van der Waals surface area contributed by atoms with E-state index in [-0.39, 0.29) is 5.56 Å². The van der Waals surface area contributed by atoms with Crippen LogP contribution in [0, 0.1) is 0 Å². The third-order valence-electron chi connectivity index (χ3n) is 1.88. The minimum Gasteiger partial charge on any atom is -0.337 e. The highest BCUT2D eigenvalue weighted by atomic mass is 31.2. The van der Waals surface area contributed by atoms with Crippen LogP contribution in [0.5, 0.6) is 0 Å². The lowest BCUT2D eigenvalue weighted by atomic mass is 10.2. The van der Waals surface area contributed by atoms with Crippen molar-refractivity contribution in [3.63, 3.8) is 0 Å². The Morgan fingerprint density at radius 1 is 1.27 bits per heavy atom. The van der Waals surface area contributed by atoms with Gasteiger partial charge in [0.15, 0.2) is 0 Å². The number of rotatable bonds is 2. The van der Waals surface area contributed by atoms with Crippen LogP contribution in [0.4, 0.5) is 13.2 Å². The van der Waals surface area contributed by atoms with Crippen LogP contribution in [0.2, 0.25) is 0 Å². The molecule has 1 rings (SSSR count). The van der Waals surface area contributed by atoms with Crippen molar-refractivity contribution in [3.05, 3.63) is 35.9 Å². The highest BCUT2D eigenvalue weighted by Gasteiger charge is 2.54. The van der Waals surface area contributed by atoms with Gasteiger partial charge >= 0.3 is 13.3 Å². The predicted molar refractivity (Wildman–Crippen MR) is 49.3 cm³/mol. The maximum absolute atomic E-state index is 12.2. The van der Waals surface area contributed by atoms with Crippen LogP contribution >= 0.6 is 7.37 Å². The molecular formula is C8H9F3NO2P. The summed E-state index contributed by atoms with van der Waals surface area (Å²) in [5.41, 5.74) is 5.11. The highest BCUT2D eigenvalue weighted by molar-refractivity contribution is 7.59. The first-order chi connectivity index (χ1) is 6.77. The normalized spacial score (nSPS) is 18.2. The van der Waals surface area contributed by atoms with Gasteiger partial charge in [0.05, 0.1) is 0 Å². The number of alkyl halides is 3. The highest BCUT2D eigenvalue weighted by Crippen LogP contribution is 2.64. The fourth-order valence-corrected chi connectivity index (χ4v) is 1.90. The summed E-state index contributed by atoms with van der Waals surface area (Å²) in [6.07, 6.45) is 0. The van der Waals surface area contributed by atoms with Crippen LogP contribution in [0.3, 0.4) is 0 Å². The molecule has 3 N–H and O–H groups in total. The molecule has 0 aliphatic rings. The van der Waals surface area contributed by atoms with Crippen LogP contribution in [0.15, 0.2) is 30.3 Å². The van der Waals surface area contributed by atoms with Gasteiger partial charge in [-0.15, -0.1) is 0 Å². The molecule has 0 aromatic heterocycles. The van der Waals surface area contributed by atoms with Gasteiger partial charge in [-0.2, -0.15) is 13.2 Å². The Morgan fingerprint density at radius 2 is 1.73 bits per heavy atom. The van der Waals surface area contributed by atoms with Crippen molar-refractivity contribution < 1.29 is 22.6 Å². The summed E-state index contributed by atoms with van der Waals surface area (Å²) < 4.78 is 47.6. The Bertz CT molecular complexity index is 379. The summed E-state index contributed by atoms with van der Waals surface area (Å²) in [6.45, 7) is 0. The fourth-order valence-electron chi connectivity index (χ4n) is 1.01. The molecule has 84 valence electrons. The van der Waals surface area contributed by atoms with Crippen LogP contribution in [0.1, 0.15) is 11.3 Å². The smallest absolute Gasteiger partial charge is 0.337 e. The standard InChI is InChI=1S/C8H9F3NO2P/c9-8(10,11)15(13,14)7(12)6-4-2-1-3-5-6/h1-5,7H,12H2,(H,13,14). The van der Waals surface area contributed by atoms with E-state index in [9.17, 15) is 17.7 Å². The van der Waals surface area contributed by atoms with E-state index in [1.165, 1.54) is 24.3 Å². The second kappa shape index (κ2) is 3.96. The monoisotopic (exact) mass is 239 g/mol. The minimum absolute atomic E-state index is 0.0133. The van der Waals surface area contributed by atoms with Gasteiger partial charge in [-0.25, -0.2) is 0 Å². The van der Waals surface area contributed by atoms with E-state index >= 15 is 0 Å². The predicted octanol–water partition coefficient (Wildman–Crippen LogP) is 2.43. The molecule has 0 amide bonds. The largest absolute Gasteiger partial charge is 0.467 e. The van der Waals surface area contributed by atoms with Crippen molar-refractivity contribution in [1.29, 1.82) is 0 Å². The average molecular weight is 239 g/mol. The number of hydrogen-bond acceptors (Lipinski definition) is 2. The molecule has 1 aromatic carbocycles. The second-order valence-electron chi connectivity index (χ2n) is 2.95. The van der Waals surface area contributed by atoms with E-state index in [1.807, 2.05) is 0 Å². The molecule has 0 saturated heterocycles. The van der Waals surface area contributed by atoms with Gasteiger partial charge in [-0.3, -0.25) is 4.57 Å². The molecule has 7 heteroatoms. The molecule has 0 aliphatic heterocycles. The van der Waals surface area contributed by atoms with E-state index in [1.54, 1.807) is 6.07 Å². The zero-order valence-electron chi connectivity index (χ0n) is 7.48. The lowest BCUT2D eigenvalue weighted by Gasteiger charge is -2.21. The molecule has 0 saturated carbocycles. The Balaban J connectivity index is 3.06. The van der Waals surface area contributed by atoms with Crippen LogP contribution in [-0.4, -0.2) is 10.8 Å². The summed E-state index contributed by atoms with van der Waals surface area (Å²) in [4.78, 5) is 8.88. The van der Waals surface area contributed by atoms with Crippen molar-refractivity contribution in [2.24, 2.45) is 5.73 Å². The molecule has 0 radical (unpaired) electrons. The van der Waals surface area contributed by atoms with E-state index in [2.05, 4.69) is 0 Å². The Kier molecular flexibility index (Phi) is 3.23. The number of halogens is 3. The van der Waals surface area contributed by atoms with Gasteiger partial charge in [0.25, 0.3) is 0 Å². The molecule has 0 bridgehead atoms. The number of benzene rings is 1. The quantitative estimate of drug-likeness (QED) is 0.779. The topological polar surface area (TPSA) is 63.3 Å². The zero-order chi connectivity index (χ0) is 11.7. The van der Waals surface area contributed by atoms with E-state index in [4.69, 9.17) is 10.6 Å². The average Bonchev–Trinajstić information content (AvgIpc) is 2.16. The molecule has 0 spiro atoms. The Morgan fingerprint density at radius 3 is 2.13 bits per heavy atom. The SMILES string of the molecule is NC(c1ccccc1)P(=O)(O)C(F)(F)F. The third kappa shape index (κ3) is 2.40. The van der Waals surface area contributed by atoms with Crippen molar-refractivity contribution in [2.45, 2.75) is 11.7 Å². The van der Waals surface area contributed by atoms with Crippen molar-refractivity contribution in [3.8, 4) is 0 Å². The number of hydrogen-bond donors (Lipinski definition) is 2. The maximum atomic E-state index is 12.2. The molecule has 2 unspecified atom stereocenters. The molecule has 3 nitrogen and oxygen atoms in total. The van der Waals surface area contributed by atoms with Crippen molar-refractivity contribution in [2.75, 3.05) is 0 Å². The summed E-state index contributed by atoms with van der Waals surface area (Å²) in [5, 5.41) is 0. The third-order valence-corrected chi connectivity index (χ3v) is 3.66. The molecule has 15 heavy (non-hydrogen) atoms. The first kappa shape index (κ1) is 12.2. The molecule has 0 heterocycles. The molecule has 2 atom stereocenters. The Hall–Kier alpha value is -0.840. The van der Waals surface area contributed by atoms with Gasteiger partial charge in [-0.1, -0.05) is 30.3 Å². The summed E-state index contributed by atoms with van der Waals surface area (Å²) in [5.74, 6) is -7.12. The van der Waals surface area contributed by atoms with Gasteiger partial charge in [-0.05, 0) is 5.56 Å². The second-order valence-corrected chi connectivity index (χ2v) is 5.26. The summed E-state index contributed by atoms with van der Waals surface area (Å²) >= 11 is 0. The first-order valence-corrected chi connectivity index (χ1v) is 5.69. The number of nitrogens with two attached hydrogens (primary N) is 1. The maximum Gasteiger partial charge on any atom is 0.467 e. The lowest BCUT2D eigenvalue weighted by Crippen LogP contribution is -2.20. The minimum atomic E-state index is -5.41. The van der Waals surface area contributed by atoms with Gasteiger partial charge < -0.3 is 10.6 Å². The van der Waals surface area contributed by atoms with Crippen LogP contribution < -0.4 is 5.73 Å². The Labute approximate surface area is 84.2 Å².